The van der Waals surface area contributed by atoms with Gasteiger partial charge in [-0.05, 0) is 12.0 Å². The van der Waals surface area contributed by atoms with Crippen molar-refractivity contribution >= 4 is 16.8 Å². The molecule has 2 amide bonds. The largest absolute Gasteiger partial charge is 0.338 e. The summed E-state index contributed by atoms with van der Waals surface area (Å²) in [4.78, 5) is 11.4. The lowest BCUT2D eigenvalue weighted by Gasteiger charge is -2.07. The van der Waals surface area contributed by atoms with E-state index in [1.54, 1.807) is 6.26 Å². The van der Waals surface area contributed by atoms with E-state index in [4.69, 9.17) is 0 Å². The molecule has 0 aliphatic heterocycles. The van der Waals surface area contributed by atoms with Crippen LogP contribution in [-0.2, 0) is 17.3 Å². The second kappa shape index (κ2) is 7.84. The van der Waals surface area contributed by atoms with E-state index >= 15 is 0 Å². The van der Waals surface area contributed by atoms with Gasteiger partial charge in [-0.25, -0.2) is 4.79 Å². The first-order valence-corrected chi connectivity index (χ1v) is 7.27. The number of amides is 2. The number of benzene rings is 1. The summed E-state index contributed by atoms with van der Waals surface area (Å²) in [7, 11) is -0.785. The molecule has 1 unspecified atom stereocenters. The number of carbonyl (C=O) groups is 1. The van der Waals surface area contributed by atoms with E-state index in [9.17, 15) is 9.00 Å². The molecule has 0 aliphatic rings. The van der Waals surface area contributed by atoms with Gasteiger partial charge in [0.05, 0.1) is 0 Å². The summed E-state index contributed by atoms with van der Waals surface area (Å²) >= 11 is 0. The predicted molar refractivity (Wildman–Crippen MR) is 70.2 cm³/mol. The minimum absolute atomic E-state index is 0.185. The van der Waals surface area contributed by atoms with Crippen LogP contribution < -0.4 is 10.6 Å². The van der Waals surface area contributed by atoms with Crippen molar-refractivity contribution in [2.24, 2.45) is 0 Å². The zero-order chi connectivity index (χ0) is 12.5. The fourth-order valence-corrected chi connectivity index (χ4v) is 1.87. The zero-order valence-electron chi connectivity index (χ0n) is 9.94. The van der Waals surface area contributed by atoms with Gasteiger partial charge in [0.1, 0.15) is 0 Å². The molecule has 0 fully saturated rings. The van der Waals surface area contributed by atoms with E-state index in [1.807, 2.05) is 30.3 Å². The molecular weight excluding hydrogens is 236 g/mol. The molecule has 0 saturated carbocycles. The fraction of sp³-hybridized carbons (Fsp3) is 0.417. The highest BCUT2D eigenvalue weighted by molar-refractivity contribution is 7.84. The van der Waals surface area contributed by atoms with Gasteiger partial charge < -0.3 is 10.6 Å². The van der Waals surface area contributed by atoms with Crippen molar-refractivity contribution in [2.45, 2.75) is 13.0 Å². The van der Waals surface area contributed by atoms with Gasteiger partial charge in [-0.1, -0.05) is 30.3 Å². The van der Waals surface area contributed by atoms with Crippen LogP contribution in [0.2, 0.25) is 0 Å². The van der Waals surface area contributed by atoms with Crippen LogP contribution in [0.4, 0.5) is 4.79 Å². The monoisotopic (exact) mass is 254 g/mol. The molecule has 0 radical (unpaired) electrons. The Morgan fingerprint density at radius 1 is 1.24 bits per heavy atom. The molecule has 4 nitrogen and oxygen atoms in total. The topological polar surface area (TPSA) is 58.2 Å². The van der Waals surface area contributed by atoms with Crippen molar-refractivity contribution < 1.29 is 9.00 Å². The third-order valence-electron chi connectivity index (χ3n) is 2.19. The van der Waals surface area contributed by atoms with E-state index < -0.39 is 10.8 Å². The Balaban J connectivity index is 2.11. The third kappa shape index (κ3) is 6.73. The maximum Gasteiger partial charge on any atom is 0.315 e. The Labute approximate surface area is 104 Å². The molecule has 1 atom stereocenters. The van der Waals surface area contributed by atoms with Crippen LogP contribution in [-0.4, -0.2) is 28.8 Å². The maximum absolute atomic E-state index is 11.4. The van der Waals surface area contributed by atoms with Crippen LogP contribution in [0.15, 0.2) is 30.3 Å². The Morgan fingerprint density at radius 2 is 1.94 bits per heavy atom. The number of hydrogen-bond acceptors (Lipinski definition) is 2. The molecule has 0 heterocycles. The lowest BCUT2D eigenvalue weighted by Crippen LogP contribution is -2.35. The Hall–Kier alpha value is -1.36. The van der Waals surface area contributed by atoms with Crippen LogP contribution in [0.5, 0.6) is 0 Å². The second-order valence-electron chi connectivity index (χ2n) is 3.73. The van der Waals surface area contributed by atoms with Crippen molar-refractivity contribution in [2.75, 3.05) is 18.6 Å². The summed E-state index contributed by atoms with van der Waals surface area (Å²) in [5.41, 5.74) is 1.07. The van der Waals surface area contributed by atoms with E-state index in [0.717, 1.165) is 12.0 Å². The number of urea groups is 1. The lowest BCUT2D eigenvalue weighted by molar-refractivity contribution is 0.240. The minimum Gasteiger partial charge on any atom is -0.338 e. The molecule has 0 bridgehead atoms. The molecule has 2 N–H and O–H groups in total. The molecule has 5 heteroatoms. The lowest BCUT2D eigenvalue weighted by atomic mass is 10.2. The molecule has 0 aromatic heterocycles. The maximum atomic E-state index is 11.4. The molecule has 0 saturated heterocycles. The van der Waals surface area contributed by atoms with Gasteiger partial charge in [0.2, 0.25) is 0 Å². The molecule has 1 rings (SSSR count). The molecule has 0 aliphatic carbocycles. The van der Waals surface area contributed by atoms with E-state index in [-0.39, 0.29) is 6.03 Å². The third-order valence-corrected chi connectivity index (χ3v) is 3.05. The first-order chi connectivity index (χ1) is 8.18. The van der Waals surface area contributed by atoms with Crippen LogP contribution in [0.3, 0.4) is 0 Å². The summed E-state index contributed by atoms with van der Waals surface area (Å²) in [6.45, 7) is 1.08. The number of hydrogen-bond donors (Lipinski definition) is 2. The van der Waals surface area contributed by atoms with E-state index in [1.165, 1.54) is 0 Å². The Kier molecular flexibility index (Phi) is 6.32. The average Bonchev–Trinajstić information content (AvgIpc) is 2.33. The van der Waals surface area contributed by atoms with Gasteiger partial charge in [-0.15, -0.1) is 0 Å². The van der Waals surface area contributed by atoms with E-state index in [0.29, 0.717) is 18.8 Å². The quantitative estimate of drug-likeness (QED) is 0.751. The summed E-state index contributed by atoms with van der Waals surface area (Å²) in [6, 6.07) is 9.54. The highest BCUT2D eigenvalue weighted by Crippen LogP contribution is 1.96. The first-order valence-electron chi connectivity index (χ1n) is 5.54. The van der Waals surface area contributed by atoms with Crippen molar-refractivity contribution in [3.63, 3.8) is 0 Å². The zero-order valence-corrected chi connectivity index (χ0v) is 10.8. The highest BCUT2D eigenvalue weighted by Gasteiger charge is 1.99. The summed E-state index contributed by atoms with van der Waals surface area (Å²) in [6.07, 6.45) is 2.40. The van der Waals surface area contributed by atoms with Gasteiger partial charge in [-0.2, -0.15) is 0 Å². The molecular formula is C12H18N2O2S. The van der Waals surface area contributed by atoms with Crippen LogP contribution in [0.25, 0.3) is 0 Å². The van der Waals surface area contributed by atoms with Crippen LogP contribution in [0.1, 0.15) is 12.0 Å². The van der Waals surface area contributed by atoms with Gasteiger partial charge in [0.15, 0.2) is 0 Å². The average molecular weight is 254 g/mol. The van der Waals surface area contributed by atoms with E-state index in [2.05, 4.69) is 10.6 Å². The van der Waals surface area contributed by atoms with Gasteiger partial charge in [0, 0.05) is 35.9 Å². The predicted octanol–water partition coefficient (Wildman–Crippen LogP) is 1.25. The second-order valence-corrected chi connectivity index (χ2v) is 5.28. The molecule has 94 valence electrons. The highest BCUT2D eigenvalue weighted by atomic mass is 32.2. The van der Waals surface area contributed by atoms with Crippen molar-refractivity contribution in [1.82, 2.24) is 10.6 Å². The first kappa shape index (κ1) is 13.7. The van der Waals surface area contributed by atoms with Gasteiger partial charge >= 0.3 is 6.03 Å². The van der Waals surface area contributed by atoms with Crippen LogP contribution >= 0.6 is 0 Å². The minimum atomic E-state index is -0.785. The summed E-state index contributed by atoms with van der Waals surface area (Å²) in [5, 5.41) is 5.48. The van der Waals surface area contributed by atoms with Gasteiger partial charge in [0.25, 0.3) is 0 Å². The van der Waals surface area contributed by atoms with Crippen molar-refractivity contribution in [3.05, 3.63) is 35.9 Å². The molecule has 0 spiro atoms. The number of rotatable bonds is 6. The Bertz CT molecular complexity index is 368. The van der Waals surface area contributed by atoms with Crippen LogP contribution in [0, 0.1) is 0 Å². The standard InChI is InChI=1S/C12H18N2O2S/c1-17(16)9-5-8-13-12(15)14-10-11-6-3-2-4-7-11/h2-4,6-7H,5,8-10H2,1H3,(H2,13,14,15). The summed E-state index contributed by atoms with van der Waals surface area (Å²) < 4.78 is 10.8. The SMILES string of the molecule is CS(=O)CCCNC(=O)NCc1ccccc1. The molecule has 17 heavy (non-hydrogen) atoms. The normalized spacial score (nSPS) is 11.8. The summed E-state index contributed by atoms with van der Waals surface area (Å²) in [5.74, 6) is 0.624. The van der Waals surface area contributed by atoms with Crippen molar-refractivity contribution in [1.29, 1.82) is 0 Å². The Morgan fingerprint density at radius 3 is 2.59 bits per heavy atom. The molecule has 1 aromatic carbocycles. The van der Waals surface area contributed by atoms with Crippen molar-refractivity contribution in [3.8, 4) is 0 Å². The van der Waals surface area contributed by atoms with Gasteiger partial charge in [-0.3, -0.25) is 4.21 Å². The fourth-order valence-electron chi connectivity index (χ4n) is 1.32. The number of carbonyl (C=O) groups excluding carboxylic acids is 1. The number of nitrogens with one attached hydrogen (secondary N) is 2. The molecule has 1 aromatic rings. The smallest absolute Gasteiger partial charge is 0.315 e.